The molecule has 0 aliphatic rings. The molecular weight excluding hydrogens is 296 g/mol. The van der Waals surface area contributed by atoms with Crippen molar-refractivity contribution in [2.45, 2.75) is 11.8 Å². The second-order valence-corrected chi connectivity index (χ2v) is 5.92. The third-order valence-corrected chi connectivity index (χ3v) is 3.93. The summed E-state index contributed by atoms with van der Waals surface area (Å²) in [6.45, 7) is 2.54. The maximum atomic E-state index is 12.1. The van der Waals surface area contributed by atoms with Crippen LogP contribution in [0.1, 0.15) is 5.76 Å². The average Bonchev–Trinajstić information content (AvgIpc) is 2.84. The highest BCUT2D eigenvalue weighted by molar-refractivity contribution is 7.92. The molecule has 114 valence electrons. The van der Waals surface area contributed by atoms with Crippen LogP contribution in [-0.2, 0) is 14.8 Å². The fourth-order valence-electron chi connectivity index (χ4n) is 1.57. The Morgan fingerprint density at radius 3 is 2.52 bits per heavy atom. The normalized spacial score (nSPS) is 11.3. The van der Waals surface area contributed by atoms with E-state index in [0.717, 1.165) is 0 Å². The molecule has 2 rings (SSSR count). The lowest BCUT2D eigenvalue weighted by molar-refractivity contribution is 0.146. The van der Waals surface area contributed by atoms with Crippen molar-refractivity contribution in [2.24, 2.45) is 0 Å². The van der Waals surface area contributed by atoms with Gasteiger partial charge in [-0.15, -0.1) is 0 Å². The predicted molar refractivity (Wildman–Crippen MR) is 75.9 cm³/mol. The van der Waals surface area contributed by atoms with E-state index in [4.69, 9.17) is 14.0 Å². The van der Waals surface area contributed by atoms with Crippen molar-refractivity contribution in [2.75, 3.05) is 25.0 Å². The smallest absolute Gasteiger partial charge is 0.263 e. The number of ether oxygens (including phenoxy) is 2. The van der Waals surface area contributed by atoms with Gasteiger partial charge in [-0.1, -0.05) is 5.16 Å². The van der Waals surface area contributed by atoms with Gasteiger partial charge in [0.2, 0.25) is 0 Å². The van der Waals surface area contributed by atoms with Crippen LogP contribution in [0.15, 0.2) is 39.8 Å². The lowest BCUT2D eigenvalue weighted by atomic mass is 10.3. The van der Waals surface area contributed by atoms with Gasteiger partial charge in [-0.25, -0.2) is 8.42 Å². The quantitative estimate of drug-likeness (QED) is 0.784. The Morgan fingerprint density at radius 2 is 1.95 bits per heavy atom. The highest BCUT2D eigenvalue weighted by Crippen LogP contribution is 2.19. The molecule has 7 nitrogen and oxygen atoms in total. The van der Waals surface area contributed by atoms with Crippen molar-refractivity contribution < 1.29 is 22.4 Å². The van der Waals surface area contributed by atoms with E-state index in [2.05, 4.69) is 9.88 Å². The van der Waals surface area contributed by atoms with E-state index in [1.807, 2.05) is 0 Å². The molecule has 0 saturated heterocycles. The second-order valence-electron chi connectivity index (χ2n) is 4.24. The van der Waals surface area contributed by atoms with Crippen LogP contribution in [0, 0.1) is 6.92 Å². The summed E-state index contributed by atoms with van der Waals surface area (Å²) in [4.78, 5) is 0.113. The number of aryl methyl sites for hydroxylation is 1. The molecule has 0 bridgehead atoms. The fourth-order valence-corrected chi connectivity index (χ4v) is 2.55. The second kappa shape index (κ2) is 6.59. The van der Waals surface area contributed by atoms with Crippen LogP contribution in [0.3, 0.4) is 0 Å². The molecule has 0 spiro atoms. The number of hydrogen-bond donors (Lipinski definition) is 1. The molecule has 1 heterocycles. The first-order chi connectivity index (χ1) is 10.0. The van der Waals surface area contributed by atoms with Gasteiger partial charge in [-0.3, -0.25) is 4.72 Å². The van der Waals surface area contributed by atoms with Gasteiger partial charge in [0, 0.05) is 13.2 Å². The van der Waals surface area contributed by atoms with E-state index < -0.39 is 10.0 Å². The number of benzene rings is 1. The number of sulfonamides is 1. The maximum Gasteiger partial charge on any atom is 0.263 e. The SMILES string of the molecule is COCCOc1ccc(S(=O)(=O)Nc2cc(C)on2)cc1. The first-order valence-electron chi connectivity index (χ1n) is 6.19. The van der Waals surface area contributed by atoms with Crippen LogP contribution in [0.25, 0.3) is 0 Å². The summed E-state index contributed by atoms with van der Waals surface area (Å²) in [5.74, 6) is 1.24. The molecular formula is C13H16N2O5S. The molecule has 1 N–H and O–H groups in total. The van der Waals surface area contributed by atoms with E-state index in [0.29, 0.717) is 24.7 Å². The molecule has 1 aromatic carbocycles. The Labute approximate surface area is 122 Å². The molecule has 0 unspecified atom stereocenters. The zero-order valence-corrected chi connectivity index (χ0v) is 12.5. The van der Waals surface area contributed by atoms with Gasteiger partial charge in [0.25, 0.3) is 10.0 Å². The summed E-state index contributed by atoms with van der Waals surface area (Å²) in [6.07, 6.45) is 0. The number of rotatable bonds is 7. The average molecular weight is 312 g/mol. The lowest BCUT2D eigenvalue weighted by Gasteiger charge is -2.07. The highest BCUT2D eigenvalue weighted by Gasteiger charge is 2.16. The van der Waals surface area contributed by atoms with E-state index in [1.54, 1.807) is 26.2 Å². The fraction of sp³-hybridized carbons (Fsp3) is 0.308. The van der Waals surface area contributed by atoms with Crippen molar-refractivity contribution in [3.05, 3.63) is 36.1 Å². The monoisotopic (exact) mass is 312 g/mol. The van der Waals surface area contributed by atoms with Gasteiger partial charge >= 0.3 is 0 Å². The third-order valence-electron chi connectivity index (χ3n) is 2.56. The van der Waals surface area contributed by atoms with E-state index >= 15 is 0 Å². The molecule has 0 radical (unpaired) electrons. The molecule has 0 aliphatic heterocycles. The van der Waals surface area contributed by atoms with E-state index in [-0.39, 0.29) is 10.7 Å². The lowest BCUT2D eigenvalue weighted by Crippen LogP contribution is -2.13. The summed E-state index contributed by atoms with van der Waals surface area (Å²) in [5, 5.41) is 3.59. The summed E-state index contributed by atoms with van der Waals surface area (Å²) in [6, 6.07) is 7.57. The minimum atomic E-state index is -3.69. The predicted octanol–water partition coefficient (Wildman–Crippen LogP) is 1.81. The zero-order chi connectivity index (χ0) is 15.3. The molecule has 0 saturated carbocycles. The van der Waals surface area contributed by atoms with Crippen LogP contribution < -0.4 is 9.46 Å². The first-order valence-corrected chi connectivity index (χ1v) is 7.67. The summed E-state index contributed by atoms with van der Waals surface area (Å²) in [7, 11) is -2.11. The number of hydrogen-bond acceptors (Lipinski definition) is 6. The number of anilines is 1. The zero-order valence-electron chi connectivity index (χ0n) is 11.7. The van der Waals surface area contributed by atoms with E-state index in [9.17, 15) is 8.42 Å². The molecule has 0 amide bonds. The topological polar surface area (TPSA) is 90.7 Å². The number of aromatic nitrogens is 1. The Bertz CT molecular complexity index is 679. The first kappa shape index (κ1) is 15.3. The molecule has 1 aromatic heterocycles. The molecule has 21 heavy (non-hydrogen) atoms. The molecule has 2 aromatic rings. The van der Waals surface area contributed by atoms with Crippen LogP contribution in [0.5, 0.6) is 5.75 Å². The number of nitrogens with one attached hydrogen (secondary N) is 1. The van der Waals surface area contributed by atoms with E-state index in [1.165, 1.54) is 18.2 Å². The minimum Gasteiger partial charge on any atom is -0.491 e. The molecule has 8 heteroatoms. The number of nitrogens with zero attached hydrogens (tertiary/aromatic N) is 1. The molecule has 0 aliphatic carbocycles. The van der Waals surface area contributed by atoms with Crippen LogP contribution in [-0.4, -0.2) is 33.9 Å². The molecule has 0 fully saturated rings. The minimum absolute atomic E-state index is 0.113. The Kier molecular flexibility index (Phi) is 4.81. The van der Waals surface area contributed by atoms with Crippen molar-refractivity contribution in [3.8, 4) is 5.75 Å². The van der Waals surface area contributed by atoms with Gasteiger partial charge < -0.3 is 14.0 Å². The third kappa shape index (κ3) is 4.20. The summed E-state index contributed by atoms with van der Waals surface area (Å²) in [5.41, 5.74) is 0. The molecule has 0 atom stereocenters. The van der Waals surface area contributed by atoms with Gasteiger partial charge in [0.05, 0.1) is 11.5 Å². The highest BCUT2D eigenvalue weighted by atomic mass is 32.2. The van der Waals surface area contributed by atoms with Gasteiger partial charge in [0.15, 0.2) is 5.82 Å². The van der Waals surface area contributed by atoms with Crippen molar-refractivity contribution in [1.82, 2.24) is 5.16 Å². The van der Waals surface area contributed by atoms with Crippen LogP contribution in [0.2, 0.25) is 0 Å². The van der Waals surface area contributed by atoms with Gasteiger partial charge in [0.1, 0.15) is 18.1 Å². The van der Waals surface area contributed by atoms with Crippen molar-refractivity contribution in [1.29, 1.82) is 0 Å². The Morgan fingerprint density at radius 1 is 1.24 bits per heavy atom. The summed E-state index contributed by atoms with van der Waals surface area (Å²) >= 11 is 0. The maximum absolute atomic E-state index is 12.1. The van der Waals surface area contributed by atoms with Crippen LogP contribution >= 0.6 is 0 Å². The van der Waals surface area contributed by atoms with Crippen LogP contribution in [0.4, 0.5) is 5.82 Å². The van der Waals surface area contributed by atoms with Crippen molar-refractivity contribution in [3.63, 3.8) is 0 Å². The summed E-state index contributed by atoms with van der Waals surface area (Å²) < 4.78 is 41.6. The Hall–Kier alpha value is -2.06. The number of methoxy groups -OCH3 is 1. The van der Waals surface area contributed by atoms with Crippen molar-refractivity contribution >= 4 is 15.8 Å². The largest absolute Gasteiger partial charge is 0.491 e. The van der Waals surface area contributed by atoms with Gasteiger partial charge in [-0.2, -0.15) is 0 Å². The van der Waals surface area contributed by atoms with Gasteiger partial charge in [-0.05, 0) is 31.2 Å². The Balaban J connectivity index is 2.06. The standard InChI is InChI=1S/C13H16N2O5S/c1-10-9-13(14-20-10)15-21(16,17)12-5-3-11(4-6-12)19-8-7-18-2/h3-6,9H,7-8H2,1-2H3,(H,14,15).